The highest BCUT2D eigenvalue weighted by Crippen LogP contribution is 2.22. The van der Waals surface area contributed by atoms with Gasteiger partial charge in [-0.25, -0.2) is 18.1 Å². The minimum atomic E-state index is -3.49. The smallest absolute Gasteiger partial charge is 0.387 e. The maximum Gasteiger partial charge on any atom is 0.387 e. The van der Waals surface area contributed by atoms with E-state index in [4.69, 9.17) is 0 Å². The van der Waals surface area contributed by atoms with Crippen molar-refractivity contribution in [1.82, 2.24) is 15.4 Å². The second-order valence-corrected chi connectivity index (χ2v) is 8.28. The summed E-state index contributed by atoms with van der Waals surface area (Å²) >= 11 is 0. The van der Waals surface area contributed by atoms with Gasteiger partial charge in [0.15, 0.2) is 5.96 Å². The number of hydrogen-bond acceptors (Lipinski definition) is 4. The van der Waals surface area contributed by atoms with Gasteiger partial charge in [0.25, 0.3) is 0 Å². The Bertz CT molecular complexity index is 965. The maximum absolute atomic E-state index is 12.6. The minimum Gasteiger partial charge on any atom is -0.434 e. The number of alkyl halides is 2. The number of rotatable bonds is 9. The van der Waals surface area contributed by atoms with E-state index in [0.717, 1.165) is 11.1 Å². The Labute approximate surface area is 175 Å². The molecule has 2 rings (SSSR count). The van der Waals surface area contributed by atoms with E-state index in [1.165, 1.54) is 25.2 Å². The number of ether oxygens (including phenoxy) is 1. The lowest BCUT2D eigenvalue weighted by Crippen LogP contribution is -2.36. The van der Waals surface area contributed by atoms with Gasteiger partial charge in [0.2, 0.25) is 10.0 Å². The molecule has 0 radical (unpaired) electrons. The molecule has 0 amide bonds. The molecule has 0 saturated heterocycles. The van der Waals surface area contributed by atoms with Crippen LogP contribution in [-0.2, 0) is 23.1 Å². The van der Waals surface area contributed by atoms with E-state index in [0.29, 0.717) is 24.6 Å². The fraction of sp³-hybridized carbons (Fsp3) is 0.350. The molecule has 0 atom stereocenters. The molecule has 0 aliphatic carbocycles. The van der Waals surface area contributed by atoms with Crippen LogP contribution in [0.2, 0.25) is 0 Å². The van der Waals surface area contributed by atoms with Crippen molar-refractivity contribution >= 4 is 16.0 Å². The predicted molar refractivity (Wildman–Crippen MR) is 112 cm³/mol. The summed E-state index contributed by atoms with van der Waals surface area (Å²) in [4.78, 5) is 4.64. The third-order valence-electron chi connectivity index (χ3n) is 4.14. The summed E-state index contributed by atoms with van der Waals surface area (Å²) in [6.07, 6.45) is 0. The molecule has 0 aromatic heterocycles. The standard InChI is InChI=1S/C20H26F2N4O3S/c1-4-24-20(25-12-15-6-8-17(9-7-15)30(27,28)23-3)26-13-16-11-14(2)5-10-18(16)29-19(21)22/h5-11,19,23H,4,12-13H2,1-3H3,(H2,24,25,26). The number of sulfonamides is 1. The van der Waals surface area contributed by atoms with Gasteiger partial charge in [0.1, 0.15) is 5.75 Å². The summed E-state index contributed by atoms with van der Waals surface area (Å²) in [6, 6.07) is 11.4. The van der Waals surface area contributed by atoms with Gasteiger partial charge >= 0.3 is 6.61 Å². The second-order valence-electron chi connectivity index (χ2n) is 6.39. The molecular formula is C20H26F2N4O3S. The quantitative estimate of drug-likeness (QED) is 0.412. The van der Waals surface area contributed by atoms with Crippen LogP contribution in [-0.4, -0.2) is 34.6 Å². The predicted octanol–water partition coefficient (Wildman–Crippen LogP) is 2.76. The first kappa shape index (κ1) is 23.6. The highest BCUT2D eigenvalue weighted by molar-refractivity contribution is 7.89. The van der Waals surface area contributed by atoms with E-state index in [1.807, 2.05) is 13.8 Å². The monoisotopic (exact) mass is 440 g/mol. The van der Waals surface area contributed by atoms with Crippen molar-refractivity contribution < 1.29 is 21.9 Å². The largest absolute Gasteiger partial charge is 0.434 e. The fourth-order valence-corrected chi connectivity index (χ4v) is 3.37. The molecule has 0 aliphatic heterocycles. The lowest BCUT2D eigenvalue weighted by Gasteiger charge is -2.15. The Morgan fingerprint density at radius 3 is 2.43 bits per heavy atom. The van der Waals surface area contributed by atoms with Crippen LogP contribution in [0.15, 0.2) is 52.4 Å². The SMILES string of the molecule is CCNC(=NCc1ccc(S(=O)(=O)NC)cc1)NCc1cc(C)ccc1OC(F)F. The van der Waals surface area contributed by atoms with Crippen molar-refractivity contribution in [3.8, 4) is 5.75 Å². The van der Waals surface area contributed by atoms with Crippen molar-refractivity contribution in [2.75, 3.05) is 13.6 Å². The van der Waals surface area contributed by atoms with Crippen molar-refractivity contribution in [1.29, 1.82) is 0 Å². The zero-order valence-electron chi connectivity index (χ0n) is 17.1. The van der Waals surface area contributed by atoms with Gasteiger partial charge in [0, 0.05) is 18.7 Å². The molecule has 0 aliphatic rings. The van der Waals surface area contributed by atoms with Crippen LogP contribution >= 0.6 is 0 Å². The fourth-order valence-electron chi connectivity index (χ4n) is 2.64. The Hall–Kier alpha value is -2.72. The van der Waals surface area contributed by atoms with E-state index in [-0.39, 0.29) is 17.2 Å². The minimum absolute atomic E-state index is 0.111. The van der Waals surface area contributed by atoms with Crippen LogP contribution in [0.3, 0.4) is 0 Å². The number of guanidine groups is 1. The second kappa shape index (κ2) is 10.9. The van der Waals surface area contributed by atoms with E-state index >= 15 is 0 Å². The summed E-state index contributed by atoms with van der Waals surface area (Å²) < 4.78 is 55.7. The lowest BCUT2D eigenvalue weighted by molar-refractivity contribution is -0.0504. The van der Waals surface area contributed by atoms with Crippen LogP contribution in [0.5, 0.6) is 5.75 Å². The number of aryl methyl sites for hydroxylation is 1. The molecule has 2 aromatic rings. The van der Waals surface area contributed by atoms with Crippen molar-refractivity contribution in [3.05, 3.63) is 59.2 Å². The van der Waals surface area contributed by atoms with Gasteiger partial charge in [-0.3, -0.25) is 0 Å². The number of benzene rings is 2. The molecule has 0 spiro atoms. The van der Waals surface area contributed by atoms with E-state index < -0.39 is 16.6 Å². The summed E-state index contributed by atoms with van der Waals surface area (Å²) in [7, 11) is -2.13. The topological polar surface area (TPSA) is 91.8 Å². The normalized spacial score (nSPS) is 12.1. The van der Waals surface area contributed by atoms with E-state index in [9.17, 15) is 17.2 Å². The van der Waals surface area contributed by atoms with Crippen LogP contribution in [0.25, 0.3) is 0 Å². The summed E-state index contributed by atoms with van der Waals surface area (Å²) in [6.45, 7) is 2.04. The summed E-state index contributed by atoms with van der Waals surface area (Å²) in [5, 5.41) is 6.19. The highest BCUT2D eigenvalue weighted by atomic mass is 32.2. The first-order valence-electron chi connectivity index (χ1n) is 9.34. The Morgan fingerprint density at radius 1 is 1.13 bits per heavy atom. The van der Waals surface area contributed by atoms with E-state index in [2.05, 4.69) is 25.1 Å². The average Bonchev–Trinajstić information content (AvgIpc) is 2.71. The zero-order valence-corrected chi connectivity index (χ0v) is 17.9. The van der Waals surface area contributed by atoms with Gasteiger partial charge < -0.3 is 15.4 Å². The molecule has 0 unspecified atom stereocenters. The number of halogens is 2. The summed E-state index contributed by atoms with van der Waals surface area (Å²) in [5.74, 6) is 0.606. The Balaban J connectivity index is 2.09. The molecule has 0 bridgehead atoms. The van der Waals surface area contributed by atoms with E-state index in [1.54, 1.807) is 24.3 Å². The first-order valence-corrected chi connectivity index (χ1v) is 10.8. The van der Waals surface area contributed by atoms with Crippen molar-refractivity contribution in [2.45, 2.75) is 38.4 Å². The van der Waals surface area contributed by atoms with Gasteiger partial charge in [0.05, 0.1) is 11.4 Å². The molecular weight excluding hydrogens is 414 g/mol. The highest BCUT2D eigenvalue weighted by Gasteiger charge is 2.12. The third-order valence-corrected chi connectivity index (χ3v) is 5.57. The van der Waals surface area contributed by atoms with Gasteiger partial charge in [-0.2, -0.15) is 8.78 Å². The van der Waals surface area contributed by atoms with Crippen molar-refractivity contribution in [2.24, 2.45) is 4.99 Å². The number of nitrogens with one attached hydrogen (secondary N) is 3. The molecule has 3 N–H and O–H groups in total. The van der Waals surface area contributed by atoms with Gasteiger partial charge in [-0.05, 0) is 44.7 Å². The molecule has 164 valence electrons. The average molecular weight is 441 g/mol. The molecule has 30 heavy (non-hydrogen) atoms. The molecule has 0 heterocycles. The van der Waals surface area contributed by atoms with Gasteiger partial charge in [-0.15, -0.1) is 0 Å². The lowest BCUT2D eigenvalue weighted by atomic mass is 10.1. The Kier molecular flexibility index (Phi) is 8.55. The maximum atomic E-state index is 12.6. The first-order chi connectivity index (χ1) is 14.2. The zero-order chi connectivity index (χ0) is 22.1. The summed E-state index contributed by atoms with van der Waals surface area (Å²) in [5.41, 5.74) is 2.33. The number of hydrogen-bond donors (Lipinski definition) is 3. The Morgan fingerprint density at radius 2 is 1.83 bits per heavy atom. The molecule has 7 nitrogen and oxygen atoms in total. The van der Waals surface area contributed by atoms with Crippen molar-refractivity contribution in [3.63, 3.8) is 0 Å². The van der Waals surface area contributed by atoms with Gasteiger partial charge in [-0.1, -0.05) is 29.8 Å². The molecule has 0 saturated carbocycles. The molecule has 2 aromatic carbocycles. The van der Waals surface area contributed by atoms with Crippen LogP contribution in [0, 0.1) is 6.92 Å². The number of aliphatic imine (C=N–C) groups is 1. The number of nitrogens with zero attached hydrogens (tertiary/aromatic N) is 1. The molecule has 0 fully saturated rings. The van der Waals surface area contributed by atoms with Crippen LogP contribution in [0.1, 0.15) is 23.6 Å². The van der Waals surface area contributed by atoms with Crippen LogP contribution < -0.4 is 20.1 Å². The van der Waals surface area contributed by atoms with Crippen LogP contribution in [0.4, 0.5) is 8.78 Å². The molecule has 10 heteroatoms. The third kappa shape index (κ3) is 6.96.